The minimum atomic E-state index is -1.20. The van der Waals surface area contributed by atoms with Gasteiger partial charge in [-0.2, -0.15) is 0 Å². The van der Waals surface area contributed by atoms with Crippen molar-refractivity contribution in [1.29, 1.82) is 0 Å². The number of allylic oxidation sites excluding steroid dienone is 1. The predicted molar refractivity (Wildman–Crippen MR) is 95.2 cm³/mol. The van der Waals surface area contributed by atoms with Crippen LogP contribution in [0.2, 0.25) is 0 Å². The summed E-state index contributed by atoms with van der Waals surface area (Å²) in [4.78, 5) is 1.70. The third-order valence-electron chi connectivity index (χ3n) is 3.89. The number of aliphatic hydroxyl groups excluding tert-OH is 1. The van der Waals surface area contributed by atoms with Gasteiger partial charge in [0.25, 0.3) is 0 Å². The van der Waals surface area contributed by atoms with Crippen molar-refractivity contribution in [2.75, 3.05) is 0 Å². The first-order valence-corrected chi connectivity index (χ1v) is 9.40. The van der Waals surface area contributed by atoms with Gasteiger partial charge in [0, 0.05) is 9.80 Å². The molecule has 3 atom stereocenters. The largest absolute Gasteiger partial charge is 0.389 e. The molecule has 124 valence electrons. The zero-order valence-corrected chi connectivity index (χ0v) is 15.3. The van der Waals surface area contributed by atoms with Crippen molar-refractivity contribution in [3.63, 3.8) is 0 Å². The smallest absolute Gasteiger partial charge is 0.0809 e. The Morgan fingerprint density at radius 3 is 2.27 bits per heavy atom. The minimum absolute atomic E-state index is 0.247. The molecule has 1 aromatic rings. The van der Waals surface area contributed by atoms with Gasteiger partial charge in [0.1, 0.15) is 0 Å². The fourth-order valence-electron chi connectivity index (χ4n) is 2.59. The summed E-state index contributed by atoms with van der Waals surface area (Å²) >= 11 is 0. The van der Waals surface area contributed by atoms with Crippen molar-refractivity contribution in [2.45, 2.75) is 64.9 Å². The van der Waals surface area contributed by atoms with Gasteiger partial charge in [-0.3, -0.25) is 0 Å². The van der Waals surface area contributed by atoms with Gasteiger partial charge >= 0.3 is 0 Å². The molecular weight excluding hydrogens is 292 g/mol. The lowest BCUT2D eigenvalue weighted by atomic mass is 9.89. The van der Waals surface area contributed by atoms with E-state index in [0.29, 0.717) is 5.92 Å². The molecule has 0 aliphatic rings. The summed E-state index contributed by atoms with van der Waals surface area (Å²) in [5, 5.41) is 9.81. The number of aliphatic hydroxyl groups is 1. The van der Waals surface area contributed by atoms with Gasteiger partial charge in [0.2, 0.25) is 0 Å². The summed E-state index contributed by atoms with van der Waals surface area (Å²) in [7, 11) is -1.20. The molecule has 0 saturated heterocycles. The quantitative estimate of drug-likeness (QED) is 0.744. The standard InChI is InChI=1S/C19H30O2S/c1-6-7-8-18(14(2)3)19(13-16(5)20)22(21)17-11-9-15(4)10-12-17/h9-14,16,18,20H,6-8H2,1-5H3/b19-13-/t16-,18-,22?/m1/s1. The van der Waals surface area contributed by atoms with Gasteiger partial charge in [0.05, 0.1) is 16.9 Å². The van der Waals surface area contributed by atoms with E-state index in [9.17, 15) is 9.32 Å². The molecule has 1 rings (SSSR count). The molecule has 0 aromatic heterocycles. The van der Waals surface area contributed by atoms with Crippen LogP contribution in [0.15, 0.2) is 40.1 Å². The molecule has 1 aromatic carbocycles. The highest BCUT2D eigenvalue weighted by Crippen LogP contribution is 2.31. The lowest BCUT2D eigenvalue weighted by Crippen LogP contribution is -2.17. The third kappa shape index (κ3) is 5.69. The maximum Gasteiger partial charge on any atom is 0.0809 e. The third-order valence-corrected chi connectivity index (χ3v) is 5.46. The fraction of sp³-hybridized carbons (Fsp3) is 0.579. The number of unbranched alkanes of at least 4 members (excludes halogenated alkanes) is 1. The molecule has 0 aliphatic heterocycles. The number of aryl methyl sites for hydroxylation is 1. The second-order valence-electron chi connectivity index (χ2n) is 6.38. The molecule has 0 spiro atoms. The van der Waals surface area contributed by atoms with Crippen LogP contribution in [0.3, 0.4) is 0 Å². The molecule has 0 heterocycles. The first-order valence-electron chi connectivity index (χ1n) is 8.25. The van der Waals surface area contributed by atoms with Crippen LogP contribution < -0.4 is 0 Å². The average molecular weight is 323 g/mol. The summed E-state index contributed by atoms with van der Waals surface area (Å²) in [5.41, 5.74) is 1.16. The Morgan fingerprint density at radius 2 is 1.82 bits per heavy atom. The molecule has 0 bridgehead atoms. The first-order chi connectivity index (χ1) is 10.4. The van der Waals surface area contributed by atoms with Crippen LogP contribution in [0.25, 0.3) is 0 Å². The van der Waals surface area contributed by atoms with Crippen LogP contribution in [0.4, 0.5) is 0 Å². The van der Waals surface area contributed by atoms with Crippen LogP contribution in [0.1, 0.15) is 52.5 Å². The fourth-order valence-corrected chi connectivity index (χ4v) is 4.23. The number of hydrogen-bond acceptors (Lipinski definition) is 2. The van der Waals surface area contributed by atoms with Crippen LogP contribution in [0, 0.1) is 18.8 Å². The van der Waals surface area contributed by atoms with Gasteiger partial charge in [-0.25, -0.2) is 4.21 Å². The summed E-state index contributed by atoms with van der Waals surface area (Å²) < 4.78 is 13.0. The van der Waals surface area contributed by atoms with E-state index >= 15 is 0 Å². The highest BCUT2D eigenvalue weighted by atomic mass is 32.2. The molecule has 0 amide bonds. The maximum atomic E-state index is 13.0. The molecular formula is C19H30O2S. The van der Waals surface area contributed by atoms with Gasteiger partial charge in [0.15, 0.2) is 0 Å². The van der Waals surface area contributed by atoms with Crippen molar-refractivity contribution in [3.05, 3.63) is 40.8 Å². The zero-order chi connectivity index (χ0) is 16.7. The SMILES string of the molecule is CCCC[C@@H](/C(=C/[C@@H](C)O)S(=O)c1ccc(C)cc1)C(C)C. The van der Waals surface area contributed by atoms with Crippen LogP contribution in [-0.4, -0.2) is 15.4 Å². The zero-order valence-electron chi connectivity index (χ0n) is 14.5. The minimum Gasteiger partial charge on any atom is -0.389 e. The van der Waals surface area contributed by atoms with E-state index < -0.39 is 16.9 Å². The van der Waals surface area contributed by atoms with Gasteiger partial charge < -0.3 is 5.11 Å². The molecule has 0 aliphatic carbocycles. The maximum absolute atomic E-state index is 13.0. The van der Waals surface area contributed by atoms with Gasteiger partial charge in [-0.1, -0.05) is 51.3 Å². The van der Waals surface area contributed by atoms with Crippen molar-refractivity contribution >= 4 is 10.8 Å². The van der Waals surface area contributed by atoms with Gasteiger partial charge in [-0.15, -0.1) is 0 Å². The summed E-state index contributed by atoms with van der Waals surface area (Å²) in [6.07, 6.45) is 4.47. The van der Waals surface area contributed by atoms with Crippen molar-refractivity contribution in [1.82, 2.24) is 0 Å². The van der Waals surface area contributed by atoms with E-state index in [1.54, 1.807) is 13.0 Å². The monoisotopic (exact) mass is 322 g/mol. The van der Waals surface area contributed by atoms with E-state index in [1.807, 2.05) is 31.2 Å². The molecule has 22 heavy (non-hydrogen) atoms. The highest BCUT2D eigenvalue weighted by molar-refractivity contribution is 7.89. The Balaban J connectivity index is 3.15. The Bertz CT molecular complexity index is 501. The molecule has 0 radical (unpaired) electrons. The van der Waals surface area contributed by atoms with E-state index in [-0.39, 0.29) is 5.92 Å². The highest BCUT2D eigenvalue weighted by Gasteiger charge is 2.24. The number of hydrogen-bond donors (Lipinski definition) is 1. The molecule has 3 heteroatoms. The Morgan fingerprint density at radius 1 is 1.23 bits per heavy atom. The Labute approximate surface area is 138 Å². The summed E-state index contributed by atoms with van der Waals surface area (Å²) in [6, 6.07) is 7.84. The summed E-state index contributed by atoms with van der Waals surface area (Å²) in [5.74, 6) is 0.655. The Kier molecular flexibility index (Phi) is 8.05. The molecule has 1 N–H and O–H groups in total. The average Bonchev–Trinajstić information content (AvgIpc) is 2.45. The van der Waals surface area contributed by atoms with E-state index in [0.717, 1.165) is 34.6 Å². The second-order valence-corrected chi connectivity index (χ2v) is 7.86. The number of benzene rings is 1. The van der Waals surface area contributed by atoms with Crippen LogP contribution >= 0.6 is 0 Å². The van der Waals surface area contributed by atoms with Crippen LogP contribution in [0.5, 0.6) is 0 Å². The van der Waals surface area contributed by atoms with E-state index in [1.165, 1.54) is 0 Å². The molecule has 2 nitrogen and oxygen atoms in total. The van der Waals surface area contributed by atoms with Crippen molar-refractivity contribution in [3.8, 4) is 0 Å². The normalized spacial score (nSPS) is 16.6. The number of rotatable bonds is 8. The molecule has 0 fully saturated rings. The van der Waals surface area contributed by atoms with Crippen LogP contribution in [-0.2, 0) is 10.8 Å². The van der Waals surface area contributed by atoms with Crippen molar-refractivity contribution < 1.29 is 9.32 Å². The Hall–Kier alpha value is -0.930. The van der Waals surface area contributed by atoms with E-state index in [2.05, 4.69) is 20.8 Å². The summed E-state index contributed by atoms with van der Waals surface area (Å²) in [6.45, 7) is 10.3. The van der Waals surface area contributed by atoms with Gasteiger partial charge in [-0.05, 0) is 50.3 Å². The van der Waals surface area contributed by atoms with Crippen molar-refractivity contribution in [2.24, 2.45) is 11.8 Å². The van der Waals surface area contributed by atoms with E-state index in [4.69, 9.17) is 0 Å². The molecule has 0 saturated carbocycles. The lowest BCUT2D eigenvalue weighted by Gasteiger charge is -2.24. The second kappa shape index (κ2) is 9.26. The topological polar surface area (TPSA) is 37.3 Å². The predicted octanol–water partition coefficient (Wildman–Crippen LogP) is 4.83. The molecule has 1 unspecified atom stereocenters. The lowest BCUT2D eigenvalue weighted by molar-refractivity contribution is 0.242. The first kappa shape index (κ1) is 19.1.